The van der Waals surface area contributed by atoms with Crippen LogP contribution in [0.2, 0.25) is 0 Å². The van der Waals surface area contributed by atoms with E-state index in [2.05, 4.69) is 15.0 Å². The number of amides is 1. The van der Waals surface area contributed by atoms with Crippen molar-refractivity contribution in [2.45, 2.75) is 25.2 Å². The Morgan fingerprint density at radius 2 is 2.04 bits per heavy atom. The number of nitrogens with zero attached hydrogens (tertiary/aromatic N) is 2. The Bertz CT molecular complexity index is 876. The average molecular weight is 397 g/mol. The third-order valence-corrected chi connectivity index (χ3v) is 6.14. The number of nitrogens with one attached hydrogen (secondary N) is 2. The predicted molar refractivity (Wildman–Crippen MR) is 105 cm³/mol. The van der Waals surface area contributed by atoms with Gasteiger partial charge in [0.25, 0.3) is 0 Å². The molecule has 0 fully saturated rings. The molecule has 2 rings (SSSR count). The van der Waals surface area contributed by atoms with Crippen LogP contribution in [0.25, 0.3) is 10.4 Å². The lowest BCUT2D eigenvalue weighted by Gasteiger charge is -2.11. The zero-order valence-corrected chi connectivity index (χ0v) is 17.0. The van der Waals surface area contributed by atoms with Crippen LogP contribution in [-0.2, 0) is 14.8 Å². The maximum Gasteiger partial charge on any atom is 0.240 e. The van der Waals surface area contributed by atoms with Gasteiger partial charge in [-0.2, -0.15) is 0 Å². The molecule has 2 aromatic rings. The molecule has 1 amide bonds. The van der Waals surface area contributed by atoms with Crippen LogP contribution in [0.4, 0.5) is 5.13 Å². The molecule has 0 unspecified atom stereocenters. The number of anilines is 1. The van der Waals surface area contributed by atoms with Crippen molar-refractivity contribution in [1.29, 1.82) is 0 Å². The van der Waals surface area contributed by atoms with E-state index < -0.39 is 10.0 Å². The van der Waals surface area contributed by atoms with E-state index in [4.69, 9.17) is 0 Å². The Hall–Kier alpha value is -1.81. The third kappa shape index (κ3) is 5.60. The van der Waals surface area contributed by atoms with Crippen molar-refractivity contribution >= 4 is 32.4 Å². The van der Waals surface area contributed by atoms with Gasteiger partial charge in [-0.1, -0.05) is 23.5 Å². The minimum atomic E-state index is -3.57. The van der Waals surface area contributed by atoms with Gasteiger partial charge in [0, 0.05) is 13.5 Å². The molecule has 7 nitrogen and oxygen atoms in total. The highest BCUT2D eigenvalue weighted by Gasteiger charge is 2.16. The Balaban J connectivity index is 2.19. The molecule has 0 radical (unpaired) electrons. The van der Waals surface area contributed by atoms with E-state index in [9.17, 15) is 13.2 Å². The van der Waals surface area contributed by atoms with Crippen molar-refractivity contribution in [2.24, 2.45) is 0 Å². The van der Waals surface area contributed by atoms with E-state index in [1.54, 1.807) is 18.2 Å². The zero-order chi connectivity index (χ0) is 19.3. The lowest BCUT2D eigenvalue weighted by Crippen LogP contribution is -2.27. The SMILES string of the molecule is CC(=O)Nc1nc(C)c(-c2cccc(S(=O)(=O)NCCCN(C)C)c2)s1. The molecular weight excluding hydrogens is 372 g/mol. The summed E-state index contributed by atoms with van der Waals surface area (Å²) in [4.78, 5) is 18.6. The Labute approximate surface area is 158 Å². The van der Waals surface area contributed by atoms with Crippen LogP contribution in [0.5, 0.6) is 0 Å². The molecule has 142 valence electrons. The summed E-state index contributed by atoms with van der Waals surface area (Å²) < 4.78 is 27.6. The number of hydrogen-bond acceptors (Lipinski definition) is 6. The largest absolute Gasteiger partial charge is 0.309 e. The van der Waals surface area contributed by atoms with Gasteiger partial charge in [-0.25, -0.2) is 18.1 Å². The second-order valence-corrected chi connectivity index (χ2v) is 8.96. The normalized spacial score (nSPS) is 11.7. The molecule has 9 heteroatoms. The minimum Gasteiger partial charge on any atom is -0.309 e. The number of carbonyl (C=O) groups is 1. The molecule has 0 saturated carbocycles. The van der Waals surface area contributed by atoms with Gasteiger partial charge in [0.05, 0.1) is 15.5 Å². The molecule has 0 saturated heterocycles. The molecule has 0 aliphatic rings. The second kappa shape index (κ2) is 8.72. The summed E-state index contributed by atoms with van der Waals surface area (Å²) in [5.74, 6) is -0.191. The van der Waals surface area contributed by atoms with Crippen molar-refractivity contribution in [2.75, 3.05) is 32.5 Å². The van der Waals surface area contributed by atoms with Gasteiger partial charge >= 0.3 is 0 Å². The summed E-state index contributed by atoms with van der Waals surface area (Å²) in [7, 11) is 0.330. The summed E-state index contributed by atoms with van der Waals surface area (Å²) in [6, 6.07) is 6.75. The highest BCUT2D eigenvalue weighted by molar-refractivity contribution is 7.89. The number of carbonyl (C=O) groups excluding carboxylic acids is 1. The number of benzene rings is 1. The van der Waals surface area contributed by atoms with Crippen molar-refractivity contribution < 1.29 is 13.2 Å². The van der Waals surface area contributed by atoms with E-state index in [1.165, 1.54) is 18.3 Å². The van der Waals surface area contributed by atoms with Gasteiger partial charge in [-0.3, -0.25) is 4.79 Å². The predicted octanol–water partition coefficient (Wildman–Crippen LogP) is 2.31. The number of rotatable bonds is 8. The fraction of sp³-hybridized carbons (Fsp3) is 0.412. The zero-order valence-electron chi connectivity index (χ0n) is 15.4. The molecular formula is C17H24N4O3S2. The molecule has 0 aliphatic heterocycles. The van der Waals surface area contributed by atoms with Gasteiger partial charge in [0.2, 0.25) is 15.9 Å². The fourth-order valence-electron chi connectivity index (χ4n) is 2.36. The van der Waals surface area contributed by atoms with Crippen LogP contribution < -0.4 is 10.0 Å². The van der Waals surface area contributed by atoms with Crippen molar-refractivity contribution in [3.05, 3.63) is 30.0 Å². The van der Waals surface area contributed by atoms with Crippen molar-refractivity contribution in [3.8, 4) is 10.4 Å². The molecule has 2 N–H and O–H groups in total. The summed E-state index contributed by atoms with van der Waals surface area (Å²) in [6.07, 6.45) is 0.736. The summed E-state index contributed by atoms with van der Waals surface area (Å²) in [5, 5.41) is 3.16. The maximum absolute atomic E-state index is 12.5. The smallest absolute Gasteiger partial charge is 0.240 e. The molecule has 0 aliphatic carbocycles. The Morgan fingerprint density at radius 1 is 1.31 bits per heavy atom. The quantitative estimate of drug-likeness (QED) is 0.668. The first kappa shape index (κ1) is 20.5. The molecule has 0 spiro atoms. The average Bonchev–Trinajstić information content (AvgIpc) is 2.91. The van der Waals surface area contributed by atoms with Gasteiger partial charge in [-0.05, 0) is 51.7 Å². The molecule has 0 bridgehead atoms. The number of sulfonamides is 1. The summed E-state index contributed by atoms with van der Waals surface area (Å²) >= 11 is 1.32. The van der Waals surface area contributed by atoms with E-state index in [-0.39, 0.29) is 10.8 Å². The highest BCUT2D eigenvalue weighted by atomic mass is 32.2. The first-order valence-electron chi connectivity index (χ1n) is 8.19. The van der Waals surface area contributed by atoms with E-state index >= 15 is 0 Å². The van der Waals surface area contributed by atoms with Gasteiger partial charge in [0.1, 0.15) is 0 Å². The van der Waals surface area contributed by atoms with Crippen LogP contribution in [0.3, 0.4) is 0 Å². The van der Waals surface area contributed by atoms with Gasteiger partial charge < -0.3 is 10.2 Å². The maximum atomic E-state index is 12.5. The number of aryl methyl sites for hydroxylation is 1. The first-order valence-corrected chi connectivity index (χ1v) is 10.5. The lowest BCUT2D eigenvalue weighted by molar-refractivity contribution is -0.114. The van der Waals surface area contributed by atoms with E-state index in [1.807, 2.05) is 32.0 Å². The molecule has 0 atom stereocenters. The second-order valence-electron chi connectivity index (χ2n) is 6.20. The van der Waals surface area contributed by atoms with Crippen LogP contribution in [0.15, 0.2) is 29.2 Å². The molecule has 1 aromatic heterocycles. The lowest BCUT2D eigenvalue weighted by atomic mass is 10.2. The monoisotopic (exact) mass is 396 g/mol. The number of thiazole rings is 1. The Morgan fingerprint density at radius 3 is 2.69 bits per heavy atom. The Kier molecular flexibility index (Phi) is 6.87. The molecule has 26 heavy (non-hydrogen) atoms. The van der Waals surface area contributed by atoms with Crippen LogP contribution in [-0.4, -0.2) is 51.4 Å². The third-order valence-electron chi connectivity index (χ3n) is 3.56. The fourth-order valence-corrected chi connectivity index (χ4v) is 4.49. The minimum absolute atomic E-state index is 0.191. The first-order chi connectivity index (χ1) is 12.2. The molecule has 1 heterocycles. The number of aromatic nitrogens is 1. The summed E-state index contributed by atoms with van der Waals surface area (Å²) in [5.41, 5.74) is 1.50. The molecule has 1 aromatic carbocycles. The van der Waals surface area contributed by atoms with Crippen LogP contribution in [0.1, 0.15) is 19.0 Å². The van der Waals surface area contributed by atoms with Crippen LogP contribution >= 0.6 is 11.3 Å². The van der Waals surface area contributed by atoms with Crippen molar-refractivity contribution in [1.82, 2.24) is 14.6 Å². The topological polar surface area (TPSA) is 91.4 Å². The van der Waals surface area contributed by atoms with E-state index in [0.717, 1.165) is 29.1 Å². The summed E-state index contributed by atoms with van der Waals surface area (Å²) in [6.45, 7) is 4.45. The van der Waals surface area contributed by atoms with Crippen molar-refractivity contribution in [3.63, 3.8) is 0 Å². The standard InChI is InChI=1S/C17H24N4O3S2/c1-12-16(25-17(19-12)20-13(2)22)14-7-5-8-15(11-14)26(23,24)18-9-6-10-21(3)4/h5,7-8,11,18H,6,9-10H2,1-4H3,(H,19,20,22). The number of hydrogen-bond donors (Lipinski definition) is 2. The van der Waals surface area contributed by atoms with Gasteiger partial charge in [0.15, 0.2) is 5.13 Å². The van der Waals surface area contributed by atoms with Gasteiger partial charge in [-0.15, -0.1) is 0 Å². The highest BCUT2D eigenvalue weighted by Crippen LogP contribution is 2.33. The van der Waals surface area contributed by atoms with Crippen LogP contribution in [0, 0.1) is 6.92 Å². The van der Waals surface area contributed by atoms with E-state index in [0.29, 0.717) is 11.7 Å².